The van der Waals surface area contributed by atoms with Crippen molar-refractivity contribution >= 4 is 40.1 Å². The number of thiophene rings is 2. The lowest BCUT2D eigenvalue weighted by Crippen LogP contribution is -1.91. The van der Waals surface area contributed by atoms with Gasteiger partial charge >= 0.3 is 0 Å². The summed E-state index contributed by atoms with van der Waals surface area (Å²) in [6.07, 6.45) is 2.17. The van der Waals surface area contributed by atoms with Crippen molar-refractivity contribution in [3.05, 3.63) is 80.2 Å². The predicted molar refractivity (Wildman–Crippen MR) is 92.1 cm³/mol. The van der Waals surface area contributed by atoms with Gasteiger partial charge in [-0.3, -0.25) is 4.79 Å². The molecule has 0 N–H and O–H groups in total. The maximum Gasteiger partial charge on any atom is 0.159 e. The summed E-state index contributed by atoms with van der Waals surface area (Å²) in [4.78, 5) is 11.3. The normalized spacial score (nSPS) is 10.3. The fourth-order valence-corrected chi connectivity index (χ4v) is 3.46. The van der Waals surface area contributed by atoms with Crippen LogP contribution in [0.3, 0.4) is 0 Å². The van der Waals surface area contributed by atoms with Crippen LogP contribution in [0, 0.1) is 0 Å². The number of carbonyl (C=O) groups excluding carboxylic acids is 1. The van der Waals surface area contributed by atoms with Gasteiger partial charge in [-0.2, -0.15) is 22.7 Å². The molecule has 0 atom stereocenters. The van der Waals surface area contributed by atoms with Crippen LogP contribution >= 0.6 is 22.7 Å². The molecule has 1 aromatic carbocycles. The van der Waals surface area contributed by atoms with Crippen LogP contribution in [0.4, 0.5) is 0 Å². The van der Waals surface area contributed by atoms with Gasteiger partial charge in [0, 0.05) is 5.56 Å². The molecule has 21 heavy (non-hydrogen) atoms. The van der Waals surface area contributed by atoms with Crippen LogP contribution < -0.4 is 0 Å². The smallest absolute Gasteiger partial charge is 0.159 e. The molecule has 0 amide bonds. The second kappa shape index (κ2) is 6.20. The first-order valence-corrected chi connectivity index (χ1v) is 8.50. The summed E-state index contributed by atoms with van der Waals surface area (Å²) >= 11 is 3.40. The molecular weight excluding hydrogens is 296 g/mol. The van der Waals surface area contributed by atoms with Crippen molar-refractivity contribution in [2.24, 2.45) is 0 Å². The van der Waals surface area contributed by atoms with Gasteiger partial charge in [-0.05, 0) is 68.9 Å². The van der Waals surface area contributed by atoms with E-state index < -0.39 is 0 Å². The van der Waals surface area contributed by atoms with E-state index in [4.69, 9.17) is 0 Å². The standard InChI is InChI=1S/C18H14OS2/c1-13(19)15-4-2-14(3-5-15)10-18(16-6-8-20-11-16)17-7-9-21-12-17/h2-12H,1H3. The molecule has 0 saturated carbocycles. The number of hydrogen-bond donors (Lipinski definition) is 0. The van der Waals surface area contributed by atoms with Crippen LogP contribution in [0.1, 0.15) is 34.0 Å². The average Bonchev–Trinajstić information content (AvgIpc) is 3.19. The molecule has 0 aliphatic rings. The Morgan fingerprint density at radius 2 is 1.43 bits per heavy atom. The van der Waals surface area contributed by atoms with Gasteiger partial charge in [-0.25, -0.2) is 0 Å². The van der Waals surface area contributed by atoms with E-state index in [2.05, 4.69) is 39.7 Å². The fourth-order valence-electron chi connectivity index (χ4n) is 2.15. The van der Waals surface area contributed by atoms with Crippen molar-refractivity contribution in [2.75, 3.05) is 0 Å². The van der Waals surface area contributed by atoms with E-state index >= 15 is 0 Å². The van der Waals surface area contributed by atoms with E-state index in [0.717, 1.165) is 11.1 Å². The minimum atomic E-state index is 0.0985. The number of Topliss-reactive ketones (excluding diaryl/α,β-unsaturated/α-hetero) is 1. The van der Waals surface area contributed by atoms with Gasteiger partial charge < -0.3 is 0 Å². The molecule has 0 spiro atoms. The summed E-state index contributed by atoms with van der Waals surface area (Å²) in [6.45, 7) is 1.59. The van der Waals surface area contributed by atoms with Crippen molar-refractivity contribution in [1.82, 2.24) is 0 Å². The third kappa shape index (κ3) is 3.20. The maximum absolute atomic E-state index is 11.3. The highest BCUT2D eigenvalue weighted by Gasteiger charge is 2.07. The molecule has 0 aliphatic heterocycles. The van der Waals surface area contributed by atoms with Gasteiger partial charge in [0.25, 0.3) is 0 Å². The van der Waals surface area contributed by atoms with Gasteiger partial charge in [-0.1, -0.05) is 24.3 Å². The monoisotopic (exact) mass is 310 g/mol. The molecule has 1 nitrogen and oxygen atoms in total. The molecule has 0 saturated heterocycles. The molecule has 3 heteroatoms. The zero-order valence-electron chi connectivity index (χ0n) is 11.6. The number of carbonyl (C=O) groups is 1. The lowest BCUT2D eigenvalue weighted by Gasteiger charge is -2.04. The van der Waals surface area contributed by atoms with E-state index in [9.17, 15) is 4.79 Å². The summed E-state index contributed by atoms with van der Waals surface area (Å²) in [6, 6.07) is 12.0. The molecule has 3 rings (SSSR count). The van der Waals surface area contributed by atoms with Crippen LogP contribution in [0.2, 0.25) is 0 Å². The highest BCUT2D eigenvalue weighted by atomic mass is 32.1. The Bertz CT molecular complexity index is 712. The van der Waals surface area contributed by atoms with Crippen molar-refractivity contribution in [1.29, 1.82) is 0 Å². The van der Waals surface area contributed by atoms with Crippen LogP contribution in [-0.2, 0) is 0 Å². The van der Waals surface area contributed by atoms with E-state index in [1.165, 1.54) is 16.7 Å². The summed E-state index contributed by atoms with van der Waals surface area (Å²) < 4.78 is 0. The lowest BCUT2D eigenvalue weighted by atomic mass is 9.99. The summed E-state index contributed by atoms with van der Waals surface area (Å²) in [5.74, 6) is 0.0985. The van der Waals surface area contributed by atoms with Crippen molar-refractivity contribution < 1.29 is 4.79 Å². The Morgan fingerprint density at radius 3 is 1.86 bits per heavy atom. The predicted octanol–water partition coefficient (Wildman–Crippen LogP) is 5.60. The van der Waals surface area contributed by atoms with Crippen molar-refractivity contribution in [3.8, 4) is 0 Å². The molecule has 0 aliphatic carbocycles. The third-order valence-electron chi connectivity index (χ3n) is 3.29. The van der Waals surface area contributed by atoms with Crippen LogP contribution in [0.25, 0.3) is 11.6 Å². The van der Waals surface area contributed by atoms with E-state index in [1.54, 1.807) is 29.6 Å². The Morgan fingerprint density at radius 1 is 0.857 bits per heavy atom. The molecule has 0 radical (unpaired) electrons. The average molecular weight is 310 g/mol. The van der Waals surface area contributed by atoms with E-state index in [-0.39, 0.29) is 5.78 Å². The van der Waals surface area contributed by atoms with Crippen molar-refractivity contribution in [2.45, 2.75) is 6.92 Å². The molecule has 2 heterocycles. The second-order valence-electron chi connectivity index (χ2n) is 4.76. The quantitative estimate of drug-likeness (QED) is 0.573. The van der Waals surface area contributed by atoms with Crippen LogP contribution in [-0.4, -0.2) is 5.78 Å². The molecule has 3 aromatic rings. The minimum Gasteiger partial charge on any atom is -0.295 e. The Labute approximate surface area is 132 Å². The van der Waals surface area contributed by atoms with E-state index in [1.807, 2.05) is 24.3 Å². The van der Waals surface area contributed by atoms with Gasteiger partial charge in [0.2, 0.25) is 0 Å². The molecule has 0 unspecified atom stereocenters. The zero-order valence-corrected chi connectivity index (χ0v) is 13.2. The Hall–Kier alpha value is -1.97. The van der Waals surface area contributed by atoms with Gasteiger partial charge in [-0.15, -0.1) is 0 Å². The number of rotatable bonds is 4. The third-order valence-corrected chi connectivity index (χ3v) is 4.66. The van der Waals surface area contributed by atoms with Gasteiger partial charge in [0.15, 0.2) is 5.78 Å². The fraction of sp³-hybridized carbons (Fsp3) is 0.0556. The number of ketones is 1. The number of hydrogen-bond acceptors (Lipinski definition) is 3. The second-order valence-corrected chi connectivity index (χ2v) is 6.32. The zero-order chi connectivity index (χ0) is 14.7. The summed E-state index contributed by atoms with van der Waals surface area (Å²) in [5, 5.41) is 8.50. The minimum absolute atomic E-state index is 0.0985. The lowest BCUT2D eigenvalue weighted by molar-refractivity contribution is 0.101. The molecule has 0 fully saturated rings. The highest BCUT2D eigenvalue weighted by molar-refractivity contribution is 7.08. The molecule has 104 valence electrons. The Balaban J connectivity index is 2.02. The Kier molecular flexibility index (Phi) is 4.13. The van der Waals surface area contributed by atoms with Crippen LogP contribution in [0.15, 0.2) is 57.9 Å². The topological polar surface area (TPSA) is 17.1 Å². The van der Waals surface area contributed by atoms with Crippen molar-refractivity contribution in [3.63, 3.8) is 0 Å². The summed E-state index contributed by atoms with van der Waals surface area (Å²) in [5.41, 5.74) is 5.53. The maximum atomic E-state index is 11.3. The molecular formula is C18H14OS2. The first-order valence-electron chi connectivity index (χ1n) is 6.62. The number of benzene rings is 1. The van der Waals surface area contributed by atoms with E-state index in [0.29, 0.717) is 0 Å². The largest absolute Gasteiger partial charge is 0.295 e. The first kappa shape index (κ1) is 14.0. The van der Waals surface area contributed by atoms with Crippen LogP contribution in [0.5, 0.6) is 0 Å². The van der Waals surface area contributed by atoms with Gasteiger partial charge in [0.05, 0.1) is 0 Å². The highest BCUT2D eigenvalue weighted by Crippen LogP contribution is 2.29. The molecule has 0 bridgehead atoms. The van der Waals surface area contributed by atoms with Gasteiger partial charge in [0.1, 0.15) is 0 Å². The first-order chi connectivity index (χ1) is 10.2. The summed E-state index contributed by atoms with van der Waals surface area (Å²) in [7, 11) is 0. The SMILES string of the molecule is CC(=O)c1ccc(C=C(c2ccsc2)c2ccsc2)cc1. The molecule has 2 aromatic heterocycles.